The van der Waals surface area contributed by atoms with Gasteiger partial charge in [-0.2, -0.15) is 0 Å². The van der Waals surface area contributed by atoms with Crippen LogP contribution in [0.4, 0.5) is 0 Å². The summed E-state index contributed by atoms with van der Waals surface area (Å²) in [6.45, 7) is 5.14. The van der Waals surface area contributed by atoms with Crippen LogP contribution in [0.5, 0.6) is 0 Å². The fourth-order valence-electron chi connectivity index (χ4n) is 2.83. The highest BCUT2D eigenvalue weighted by Gasteiger charge is 2.20. The maximum Gasteiger partial charge on any atom is 0.224 e. The Bertz CT molecular complexity index is 623. The molecule has 0 aliphatic rings. The van der Waals surface area contributed by atoms with Gasteiger partial charge in [-0.3, -0.25) is 4.79 Å². The topological polar surface area (TPSA) is 55.1 Å². The van der Waals surface area contributed by atoms with Gasteiger partial charge in [0.1, 0.15) is 0 Å². The van der Waals surface area contributed by atoms with Crippen LogP contribution >= 0.6 is 0 Å². The van der Waals surface area contributed by atoms with Crippen molar-refractivity contribution in [3.63, 3.8) is 0 Å². The van der Waals surface area contributed by atoms with Gasteiger partial charge in [0.2, 0.25) is 5.91 Å². The third-order valence-corrected chi connectivity index (χ3v) is 3.99. The molecule has 2 rings (SSSR count). The molecule has 0 saturated carbocycles. The van der Waals surface area contributed by atoms with Crippen molar-refractivity contribution < 1.29 is 4.79 Å². The van der Waals surface area contributed by atoms with Crippen LogP contribution in [0.2, 0.25) is 0 Å². The predicted molar refractivity (Wildman–Crippen MR) is 96.2 cm³/mol. The van der Waals surface area contributed by atoms with Crippen molar-refractivity contribution in [2.75, 3.05) is 6.54 Å². The van der Waals surface area contributed by atoms with Gasteiger partial charge in [0.25, 0.3) is 0 Å². The molecule has 1 atom stereocenters. The first-order valence-corrected chi connectivity index (χ1v) is 8.26. The summed E-state index contributed by atoms with van der Waals surface area (Å²) in [6, 6.07) is 18.7. The van der Waals surface area contributed by atoms with Gasteiger partial charge < -0.3 is 11.1 Å². The van der Waals surface area contributed by atoms with Crippen molar-refractivity contribution in [3.8, 4) is 11.1 Å². The van der Waals surface area contributed by atoms with Crippen LogP contribution in [0.15, 0.2) is 54.6 Å². The molecule has 0 aromatic heterocycles. The lowest BCUT2D eigenvalue weighted by molar-refractivity contribution is -0.119. The molecule has 0 saturated heterocycles. The van der Waals surface area contributed by atoms with E-state index in [2.05, 4.69) is 37.4 Å². The zero-order chi connectivity index (χ0) is 16.7. The van der Waals surface area contributed by atoms with Gasteiger partial charge in [-0.15, -0.1) is 0 Å². The van der Waals surface area contributed by atoms with E-state index in [4.69, 9.17) is 5.73 Å². The summed E-state index contributed by atoms with van der Waals surface area (Å²) in [7, 11) is 0. The monoisotopic (exact) mass is 310 g/mol. The predicted octanol–water partition coefficient (Wildman–Crippen LogP) is 3.70. The Morgan fingerprint density at radius 1 is 1.04 bits per heavy atom. The van der Waals surface area contributed by atoms with E-state index in [1.807, 2.05) is 36.4 Å². The highest BCUT2D eigenvalue weighted by Crippen LogP contribution is 2.31. The van der Waals surface area contributed by atoms with Crippen molar-refractivity contribution in [2.45, 2.75) is 38.6 Å². The second kappa shape index (κ2) is 8.49. The van der Waals surface area contributed by atoms with Crippen molar-refractivity contribution >= 4 is 5.91 Å². The minimum absolute atomic E-state index is 0.250. The number of nitrogens with two attached hydrogens (primary N) is 1. The van der Waals surface area contributed by atoms with E-state index in [1.54, 1.807) is 0 Å². The highest BCUT2D eigenvalue weighted by molar-refractivity contribution is 5.85. The smallest absolute Gasteiger partial charge is 0.224 e. The van der Waals surface area contributed by atoms with Gasteiger partial charge in [0.05, 0.1) is 5.92 Å². The number of primary amides is 1. The van der Waals surface area contributed by atoms with Gasteiger partial charge in [0.15, 0.2) is 0 Å². The van der Waals surface area contributed by atoms with Crippen LogP contribution in [-0.4, -0.2) is 18.5 Å². The Morgan fingerprint density at radius 2 is 1.70 bits per heavy atom. The van der Waals surface area contributed by atoms with Crippen LogP contribution < -0.4 is 11.1 Å². The molecule has 2 aromatic carbocycles. The molecule has 1 unspecified atom stereocenters. The second-order valence-electron chi connectivity index (χ2n) is 6.16. The van der Waals surface area contributed by atoms with Crippen molar-refractivity contribution in [3.05, 3.63) is 60.2 Å². The Morgan fingerprint density at radius 3 is 2.35 bits per heavy atom. The molecule has 23 heavy (non-hydrogen) atoms. The molecule has 0 radical (unpaired) electrons. The quantitative estimate of drug-likeness (QED) is 0.730. The molecular formula is C20H26N2O. The van der Waals surface area contributed by atoms with E-state index >= 15 is 0 Å². The summed E-state index contributed by atoms with van der Waals surface area (Å²) in [5.74, 6) is -0.502. The molecule has 0 bridgehead atoms. The average molecular weight is 310 g/mol. The third-order valence-electron chi connectivity index (χ3n) is 3.99. The summed E-state index contributed by atoms with van der Waals surface area (Å²) in [4.78, 5) is 12.0. The number of hydrogen-bond donors (Lipinski definition) is 2. The van der Waals surface area contributed by atoms with Gasteiger partial charge in [-0.05, 0) is 36.1 Å². The van der Waals surface area contributed by atoms with E-state index in [9.17, 15) is 4.79 Å². The van der Waals surface area contributed by atoms with E-state index in [0.717, 1.165) is 36.1 Å². The summed E-state index contributed by atoms with van der Waals surface area (Å²) >= 11 is 0. The van der Waals surface area contributed by atoms with Crippen molar-refractivity contribution in [2.24, 2.45) is 5.73 Å². The molecule has 2 aromatic rings. The normalized spacial score (nSPS) is 12.3. The molecule has 3 N–H and O–H groups in total. The maximum atomic E-state index is 12.0. The molecule has 1 amide bonds. The number of nitrogens with one attached hydrogen (secondary N) is 1. The zero-order valence-electron chi connectivity index (χ0n) is 14.0. The van der Waals surface area contributed by atoms with Gasteiger partial charge >= 0.3 is 0 Å². The fourth-order valence-corrected chi connectivity index (χ4v) is 2.83. The Labute approximate surface area is 138 Å². The lowest BCUT2D eigenvalue weighted by Gasteiger charge is -2.18. The fraction of sp³-hybridized carbons (Fsp3) is 0.350. The van der Waals surface area contributed by atoms with Crippen LogP contribution in [0.3, 0.4) is 0 Å². The molecule has 0 heterocycles. The zero-order valence-corrected chi connectivity index (χ0v) is 14.0. The molecule has 0 aliphatic heterocycles. The standard InChI is InChI=1S/C20H26N2O/c1-15(2)22-14-8-13-19(20(21)23)18-12-7-6-11-17(18)16-9-4-3-5-10-16/h3-7,9-12,15,19,22H,8,13-14H2,1-2H3,(H2,21,23). The molecule has 122 valence electrons. The number of hydrogen-bond acceptors (Lipinski definition) is 2. The molecule has 0 fully saturated rings. The minimum atomic E-state index is -0.252. The van der Waals surface area contributed by atoms with E-state index in [1.165, 1.54) is 0 Å². The number of carbonyl (C=O) groups is 1. The van der Waals surface area contributed by atoms with E-state index in [0.29, 0.717) is 6.04 Å². The first-order valence-electron chi connectivity index (χ1n) is 8.26. The van der Waals surface area contributed by atoms with E-state index < -0.39 is 0 Å². The Balaban J connectivity index is 2.21. The number of amides is 1. The van der Waals surface area contributed by atoms with Crippen molar-refractivity contribution in [1.82, 2.24) is 5.32 Å². The van der Waals surface area contributed by atoms with Crippen LogP contribution in [0.25, 0.3) is 11.1 Å². The molecule has 3 nitrogen and oxygen atoms in total. The largest absolute Gasteiger partial charge is 0.369 e. The summed E-state index contributed by atoms with van der Waals surface area (Å²) in [5, 5.41) is 3.39. The minimum Gasteiger partial charge on any atom is -0.369 e. The third kappa shape index (κ3) is 4.93. The summed E-state index contributed by atoms with van der Waals surface area (Å²) < 4.78 is 0. The van der Waals surface area contributed by atoms with Crippen LogP contribution in [-0.2, 0) is 4.79 Å². The summed E-state index contributed by atoms with van der Waals surface area (Å²) in [5.41, 5.74) is 8.93. The van der Waals surface area contributed by atoms with Gasteiger partial charge in [-0.25, -0.2) is 0 Å². The molecule has 0 spiro atoms. The lowest BCUT2D eigenvalue weighted by Crippen LogP contribution is -2.26. The summed E-state index contributed by atoms with van der Waals surface area (Å²) in [6.07, 6.45) is 1.69. The second-order valence-corrected chi connectivity index (χ2v) is 6.16. The van der Waals surface area contributed by atoms with Crippen molar-refractivity contribution in [1.29, 1.82) is 0 Å². The van der Waals surface area contributed by atoms with E-state index in [-0.39, 0.29) is 11.8 Å². The average Bonchev–Trinajstić information content (AvgIpc) is 2.55. The lowest BCUT2D eigenvalue weighted by atomic mass is 9.87. The molecular weight excluding hydrogens is 284 g/mol. The Kier molecular flexibility index (Phi) is 6.36. The molecule has 3 heteroatoms. The highest BCUT2D eigenvalue weighted by atomic mass is 16.1. The first kappa shape index (κ1) is 17.2. The number of rotatable bonds is 8. The Hall–Kier alpha value is -2.13. The van der Waals surface area contributed by atoms with Crippen LogP contribution in [0.1, 0.15) is 38.2 Å². The number of benzene rings is 2. The van der Waals surface area contributed by atoms with Gasteiger partial charge in [0, 0.05) is 6.04 Å². The SMILES string of the molecule is CC(C)NCCCC(C(N)=O)c1ccccc1-c1ccccc1. The van der Waals surface area contributed by atoms with Gasteiger partial charge in [-0.1, -0.05) is 68.4 Å². The maximum absolute atomic E-state index is 12.0. The van der Waals surface area contributed by atoms with Crippen LogP contribution in [0, 0.1) is 0 Å². The molecule has 0 aliphatic carbocycles. The number of carbonyl (C=O) groups excluding carboxylic acids is 1. The first-order chi connectivity index (χ1) is 11.1.